The van der Waals surface area contributed by atoms with Crippen LogP contribution in [0.5, 0.6) is 0 Å². The Bertz CT molecular complexity index is 1160. The first-order valence-corrected chi connectivity index (χ1v) is 11.9. The highest BCUT2D eigenvalue weighted by Gasteiger charge is 2.33. The fourth-order valence-electron chi connectivity index (χ4n) is 5.09. The third-order valence-corrected chi connectivity index (χ3v) is 7.19. The standard InChI is InChI=1S/C26H32N6O/c1-18-22-11-12-24(33)32(15-13-20-8-5-4-6-9-20)26(22)29-25(28-18)23-10-7-14-31(23)17-21-16-27-30(3)19(21)2/h4-6,8-9,16,23H,7,10-15,17H2,1-3H3/t23-/m0/s1. The van der Waals surface area contributed by atoms with Crippen molar-refractivity contribution in [2.75, 3.05) is 18.0 Å². The van der Waals surface area contributed by atoms with E-state index in [1.807, 2.05) is 41.0 Å². The number of hydrogen-bond donors (Lipinski definition) is 0. The van der Waals surface area contributed by atoms with E-state index in [1.54, 1.807) is 0 Å². The molecular weight excluding hydrogens is 412 g/mol. The molecule has 1 saturated heterocycles. The maximum absolute atomic E-state index is 12.9. The summed E-state index contributed by atoms with van der Waals surface area (Å²) in [7, 11) is 1.98. The van der Waals surface area contributed by atoms with Crippen LogP contribution in [0.1, 0.15) is 59.2 Å². The van der Waals surface area contributed by atoms with Crippen LogP contribution in [0.4, 0.5) is 5.82 Å². The van der Waals surface area contributed by atoms with E-state index < -0.39 is 0 Å². The van der Waals surface area contributed by atoms with Gasteiger partial charge in [0.25, 0.3) is 0 Å². The number of hydrogen-bond acceptors (Lipinski definition) is 5. The van der Waals surface area contributed by atoms with Gasteiger partial charge in [-0.25, -0.2) is 9.97 Å². The number of rotatable bonds is 6. The molecule has 0 unspecified atom stereocenters. The first kappa shape index (κ1) is 21.8. The molecule has 0 saturated carbocycles. The number of nitrogens with zero attached hydrogens (tertiary/aromatic N) is 6. The Morgan fingerprint density at radius 1 is 1.09 bits per heavy atom. The number of likely N-dealkylation sites (tertiary alicyclic amines) is 1. The van der Waals surface area contributed by atoms with Crippen LogP contribution in [-0.2, 0) is 31.2 Å². The first-order valence-electron chi connectivity index (χ1n) is 11.9. The Hall–Kier alpha value is -3.06. The number of carbonyl (C=O) groups excluding carboxylic acids is 1. The largest absolute Gasteiger partial charge is 0.296 e. The molecule has 0 radical (unpaired) electrons. The Labute approximate surface area is 195 Å². The molecule has 1 amide bonds. The summed E-state index contributed by atoms with van der Waals surface area (Å²) in [6.07, 6.45) is 6.20. The Morgan fingerprint density at radius 3 is 2.67 bits per heavy atom. The third-order valence-electron chi connectivity index (χ3n) is 7.19. The molecule has 0 aliphatic carbocycles. The molecule has 2 aliphatic rings. The molecule has 7 heteroatoms. The van der Waals surface area contributed by atoms with Crippen molar-refractivity contribution in [3.63, 3.8) is 0 Å². The summed E-state index contributed by atoms with van der Waals surface area (Å²) in [5.74, 6) is 1.84. The molecule has 0 N–H and O–H groups in total. The molecular formula is C26H32N6O. The van der Waals surface area contributed by atoms with E-state index >= 15 is 0 Å². The number of benzene rings is 1. The molecule has 4 heterocycles. The summed E-state index contributed by atoms with van der Waals surface area (Å²) in [5.41, 5.74) is 5.81. The van der Waals surface area contributed by atoms with E-state index in [0.29, 0.717) is 13.0 Å². The summed E-state index contributed by atoms with van der Waals surface area (Å²) in [4.78, 5) is 27.3. The number of amides is 1. The van der Waals surface area contributed by atoms with E-state index in [0.717, 1.165) is 61.7 Å². The second kappa shape index (κ2) is 9.06. The minimum atomic E-state index is 0.164. The number of fused-ring (bicyclic) bond motifs is 1. The maximum atomic E-state index is 12.9. The zero-order valence-corrected chi connectivity index (χ0v) is 19.8. The van der Waals surface area contributed by atoms with Crippen LogP contribution in [0.25, 0.3) is 0 Å². The second-order valence-corrected chi connectivity index (χ2v) is 9.26. The van der Waals surface area contributed by atoms with Crippen LogP contribution < -0.4 is 4.90 Å². The van der Waals surface area contributed by atoms with Gasteiger partial charge in [-0.05, 0) is 51.6 Å². The zero-order valence-electron chi connectivity index (χ0n) is 19.8. The quantitative estimate of drug-likeness (QED) is 0.580. The molecule has 0 spiro atoms. The van der Waals surface area contributed by atoms with Crippen molar-refractivity contribution in [3.05, 3.63) is 70.4 Å². The van der Waals surface area contributed by atoms with Crippen molar-refractivity contribution in [2.24, 2.45) is 7.05 Å². The number of aromatic nitrogens is 4. The van der Waals surface area contributed by atoms with Crippen molar-refractivity contribution in [2.45, 2.75) is 58.5 Å². The molecule has 33 heavy (non-hydrogen) atoms. The lowest BCUT2D eigenvalue weighted by atomic mass is 10.0. The minimum absolute atomic E-state index is 0.164. The minimum Gasteiger partial charge on any atom is -0.296 e. The number of aryl methyl sites for hydroxylation is 2. The molecule has 7 nitrogen and oxygen atoms in total. The number of anilines is 1. The van der Waals surface area contributed by atoms with Gasteiger partial charge in [0.1, 0.15) is 11.6 Å². The molecule has 2 aliphatic heterocycles. The Balaban J connectivity index is 1.42. The van der Waals surface area contributed by atoms with E-state index in [4.69, 9.17) is 9.97 Å². The van der Waals surface area contributed by atoms with Gasteiger partial charge < -0.3 is 0 Å². The highest BCUT2D eigenvalue weighted by atomic mass is 16.2. The fourth-order valence-corrected chi connectivity index (χ4v) is 5.09. The van der Waals surface area contributed by atoms with Gasteiger partial charge in [-0.3, -0.25) is 19.3 Å². The molecule has 172 valence electrons. The molecule has 1 fully saturated rings. The van der Waals surface area contributed by atoms with Crippen LogP contribution in [0.3, 0.4) is 0 Å². The van der Waals surface area contributed by atoms with Crippen LogP contribution in [0, 0.1) is 13.8 Å². The van der Waals surface area contributed by atoms with Crippen molar-refractivity contribution >= 4 is 11.7 Å². The van der Waals surface area contributed by atoms with Gasteiger partial charge in [-0.2, -0.15) is 5.10 Å². The van der Waals surface area contributed by atoms with E-state index in [2.05, 4.69) is 36.0 Å². The predicted octanol–water partition coefficient (Wildman–Crippen LogP) is 3.69. The molecule has 1 atom stereocenters. The summed E-state index contributed by atoms with van der Waals surface area (Å²) in [6.45, 7) is 6.70. The van der Waals surface area contributed by atoms with Crippen molar-refractivity contribution < 1.29 is 4.79 Å². The normalized spacial score (nSPS) is 18.7. The highest BCUT2D eigenvalue weighted by Crippen LogP contribution is 2.35. The van der Waals surface area contributed by atoms with Gasteiger partial charge >= 0.3 is 0 Å². The van der Waals surface area contributed by atoms with E-state index in [-0.39, 0.29) is 11.9 Å². The topological polar surface area (TPSA) is 67.2 Å². The zero-order chi connectivity index (χ0) is 22.9. The Kier molecular flexibility index (Phi) is 5.98. The summed E-state index contributed by atoms with van der Waals surface area (Å²) in [6, 6.07) is 10.5. The highest BCUT2D eigenvalue weighted by molar-refractivity contribution is 5.95. The molecule has 1 aromatic carbocycles. The fraction of sp³-hybridized carbons (Fsp3) is 0.462. The first-order chi connectivity index (χ1) is 16.0. The SMILES string of the molecule is Cc1nc([C@@H]2CCCN2Cc2cnn(C)c2C)nc2c1CCC(=O)N2CCc1ccccc1. The van der Waals surface area contributed by atoms with Crippen molar-refractivity contribution in [3.8, 4) is 0 Å². The summed E-state index contributed by atoms with van der Waals surface area (Å²) in [5, 5.41) is 4.41. The maximum Gasteiger partial charge on any atom is 0.228 e. The average molecular weight is 445 g/mol. The van der Waals surface area contributed by atoms with Crippen LogP contribution >= 0.6 is 0 Å². The van der Waals surface area contributed by atoms with Gasteiger partial charge in [0.2, 0.25) is 5.91 Å². The Morgan fingerprint density at radius 2 is 1.91 bits per heavy atom. The third kappa shape index (κ3) is 4.29. The summed E-state index contributed by atoms with van der Waals surface area (Å²) < 4.78 is 1.93. The summed E-state index contributed by atoms with van der Waals surface area (Å²) >= 11 is 0. The average Bonchev–Trinajstić information content (AvgIpc) is 3.41. The van der Waals surface area contributed by atoms with Gasteiger partial charge in [0.15, 0.2) is 0 Å². The molecule has 2 aromatic heterocycles. The van der Waals surface area contributed by atoms with Crippen LogP contribution in [0.2, 0.25) is 0 Å². The molecule has 5 rings (SSSR count). The predicted molar refractivity (Wildman–Crippen MR) is 128 cm³/mol. The smallest absolute Gasteiger partial charge is 0.228 e. The lowest BCUT2D eigenvalue weighted by Gasteiger charge is -2.31. The van der Waals surface area contributed by atoms with E-state index in [1.165, 1.54) is 16.8 Å². The van der Waals surface area contributed by atoms with Crippen LogP contribution in [0.15, 0.2) is 36.5 Å². The molecule has 3 aromatic rings. The van der Waals surface area contributed by atoms with Crippen LogP contribution in [-0.4, -0.2) is 43.6 Å². The lowest BCUT2D eigenvalue weighted by Crippen LogP contribution is -2.38. The van der Waals surface area contributed by atoms with Gasteiger partial charge in [-0.1, -0.05) is 30.3 Å². The van der Waals surface area contributed by atoms with Gasteiger partial charge in [0.05, 0.1) is 12.2 Å². The van der Waals surface area contributed by atoms with E-state index in [9.17, 15) is 4.79 Å². The number of carbonyl (C=O) groups is 1. The molecule has 0 bridgehead atoms. The lowest BCUT2D eigenvalue weighted by molar-refractivity contribution is -0.118. The van der Waals surface area contributed by atoms with Crippen molar-refractivity contribution in [1.82, 2.24) is 24.6 Å². The van der Waals surface area contributed by atoms with Crippen molar-refractivity contribution in [1.29, 1.82) is 0 Å². The van der Waals surface area contributed by atoms with Gasteiger partial charge in [0, 0.05) is 49.1 Å². The monoisotopic (exact) mass is 444 g/mol. The second-order valence-electron chi connectivity index (χ2n) is 9.26. The van der Waals surface area contributed by atoms with Gasteiger partial charge in [-0.15, -0.1) is 0 Å².